The number of allylic oxidation sites excluding steroid dienone is 3. The van der Waals surface area contributed by atoms with E-state index in [1.165, 1.54) is 11.0 Å². The number of aryl methyl sites for hydroxylation is 1. The number of benzene rings is 2. The van der Waals surface area contributed by atoms with E-state index in [1.807, 2.05) is 58.9 Å². The number of nitrogens with zero attached hydrogens (tertiary/aromatic N) is 2. The molecule has 1 aliphatic rings. The molecule has 1 atom stereocenters. The third-order valence-corrected chi connectivity index (χ3v) is 6.25. The van der Waals surface area contributed by atoms with Crippen LogP contribution in [0.2, 0.25) is 5.02 Å². The molecular formula is C32H38ClN3O5. The largest absolute Gasteiger partial charge is 0.493 e. The van der Waals surface area contributed by atoms with Crippen molar-refractivity contribution in [1.29, 1.82) is 0 Å². The highest BCUT2D eigenvalue weighted by molar-refractivity contribution is 6.30. The van der Waals surface area contributed by atoms with E-state index in [4.69, 9.17) is 26.5 Å². The summed E-state index contributed by atoms with van der Waals surface area (Å²) in [5, 5.41) is 10.6. The smallest absolute Gasteiger partial charge is 0.331 e. The van der Waals surface area contributed by atoms with Crippen molar-refractivity contribution in [2.24, 2.45) is 5.73 Å². The fourth-order valence-corrected chi connectivity index (χ4v) is 4.30. The maximum absolute atomic E-state index is 12.7. The second kappa shape index (κ2) is 14.1. The summed E-state index contributed by atoms with van der Waals surface area (Å²) >= 11 is 5.96. The van der Waals surface area contributed by atoms with Gasteiger partial charge in [0.15, 0.2) is 6.04 Å². The number of aromatic nitrogens is 1. The number of hydrogen-bond acceptors (Lipinski definition) is 6. The quantitative estimate of drug-likeness (QED) is 0.237. The number of halogens is 1. The number of ether oxygens (including phenoxy) is 1. The zero-order valence-corrected chi connectivity index (χ0v) is 24.9. The molecule has 0 radical (unpaired) electrons. The van der Waals surface area contributed by atoms with Crippen LogP contribution in [0.25, 0.3) is 11.5 Å². The average molecular weight is 580 g/mol. The average Bonchev–Trinajstić information content (AvgIpc) is 3.27. The fraction of sp³-hybridized carbons (Fsp3) is 0.344. The van der Waals surface area contributed by atoms with E-state index in [0.29, 0.717) is 54.0 Å². The molecule has 218 valence electrons. The van der Waals surface area contributed by atoms with E-state index in [0.717, 1.165) is 16.8 Å². The normalized spacial score (nSPS) is 15.0. The number of nitrogens with two attached hydrogens (primary N) is 1. The molecule has 4 rings (SSSR count). The molecule has 0 bridgehead atoms. The Morgan fingerprint density at radius 1 is 1.20 bits per heavy atom. The van der Waals surface area contributed by atoms with Crippen LogP contribution in [0.3, 0.4) is 0 Å². The Balaban J connectivity index is 0.000000850. The molecule has 2 heterocycles. The van der Waals surface area contributed by atoms with E-state index < -0.39 is 12.0 Å². The number of carboxylic acids is 1. The van der Waals surface area contributed by atoms with Crippen molar-refractivity contribution >= 4 is 23.5 Å². The molecular weight excluding hydrogens is 542 g/mol. The number of amides is 1. The lowest BCUT2D eigenvalue weighted by atomic mass is 9.92. The van der Waals surface area contributed by atoms with Crippen LogP contribution in [-0.2, 0) is 22.4 Å². The third-order valence-electron chi connectivity index (χ3n) is 6.00. The summed E-state index contributed by atoms with van der Waals surface area (Å²) < 4.78 is 11.8. The van der Waals surface area contributed by atoms with Gasteiger partial charge in [0.05, 0.1) is 12.3 Å². The highest BCUT2D eigenvalue weighted by atomic mass is 35.5. The van der Waals surface area contributed by atoms with E-state index in [9.17, 15) is 14.7 Å². The highest BCUT2D eigenvalue weighted by Crippen LogP contribution is 2.33. The van der Waals surface area contributed by atoms with Crippen molar-refractivity contribution in [2.45, 2.75) is 59.0 Å². The molecule has 8 nitrogen and oxygen atoms in total. The van der Waals surface area contributed by atoms with Crippen molar-refractivity contribution in [3.8, 4) is 17.2 Å². The summed E-state index contributed by atoms with van der Waals surface area (Å²) in [6.07, 6.45) is 7.62. The monoisotopic (exact) mass is 579 g/mol. The number of carbonyl (C=O) groups excluding carboxylic acids is 1. The van der Waals surface area contributed by atoms with Crippen molar-refractivity contribution in [1.82, 2.24) is 9.88 Å². The Kier molecular flexibility index (Phi) is 10.9. The number of fused-ring (bicyclic) bond motifs is 1. The third kappa shape index (κ3) is 9.33. The molecule has 0 fully saturated rings. The van der Waals surface area contributed by atoms with Gasteiger partial charge in [-0.1, -0.05) is 35.9 Å². The van der Waals surface area contributed by atoms with Gasteiger partial charge in [-0.25, -0.2) is 9.78 Å². The van der Waals surface area contributed by atoms with Gasteiger partial charge < -0.3 is 24.9 Å². The van der Waals surface area contributed by atoms with Crippen LogP contribution in [0.5, 0.6) is 5.75 Å². The molecule has 1 aliphatic heterocycles. The standard InChI is InChI=1S/C28H27ClN2O5.C4H11N/c1-3-4-5-6-25(32)31-15-13-19-9-12-22(17-23(19)26(31)28(33)34)35-16-14-24-18(2)36-27(30-24)20-7-10-21(29)11-8-20;1-4(2,3)5/h3-12,17,26H,13-16H2,1-2H3,(H,33,34);5H2,1-3H3. The molecule has 0 saturated carbocycles. The lowest BCUT2D eigenvalue weighted by Gasteiger charge is -2.34. The lowest BCUT2D eigenvalue weighted by molar-refractivity contribution is -0.149. The summed E-state index contributed by atoms with van der Waals surface area (Å²) in [6, 6.07) is 11.6. The summed E-state index contributed by atoms with van der Waals surface area (Å²) in [7, 11) is 0. The van der Waals surface area contributed by atoms with Crippen molar-refractivity contribution in [3.05, 3.63) is 94.4 Å². The Morgan fingerprint density at radius 2 is 1.88 bits per heavy atom. The van der Waals surface area contributed by atoms with Gasteiger partial charge in [0.25, 0.3) is 0 Å². The second-order valence-electron chi connectivity index (χ2n) is 10.8. The van der Waals surface area contributed by atoms with Gasteiger partial charge in [0.2, 0.25) is 11.8 Å². The first-order valence-corrected chi connectivity index (χ1v) is 13.8. The van der Waals surface area contributed by atoms with Gasteiger partial charge in [-0.05, 0) is 88.6 Å². The van der Waals surface area contributed by atoms with Crippen LogP contribution in [0.1, 0.15) is 56.3 Å². The van der Waals surface area contributed by atoms with E-state index in [-0.39, 0.29) is 11.4 Å². The summed E-state index contributed by atoms with van der Waals surface area (Å²) in [5.41, 5.74) is 8.44. The minimum absolute atomic E-state index is 0. The first kappa shape index (κ1) is 31.6. The van der Waals surface area contributed by atoms with Crippen molar-refractivity contribution in [2.75, 3.05) is 13.2 Å². The van der Waals surface area contributed by atoms with Gasteiger partial charge in [-0.3, -0.25) is 4.79 Å². The zero-order valence-electron chi connectivity index (χ0n) is 24.2. The summed E-state index contributed by atoms with van der Waals surface area (Å²) in [5.74, 6) is 0.354. The van der Waals surface area contributed by atoms with Crippen LogP contribution in [0, 0.1) is 6.92 Å². The first-order chi connectivity index (χ1) is 19.4. The Bertz CT molecular complexity index is 1400. The molecule has 3 N–H and O–H groups in total. The Morgan fingerprint density at radius 3 is 2.51 bits per heavy atom. The highest BCUT2D eigenvalue weighted by Gasteiger charge is 2.35. The molecule has 9 heteroatoms. The molecule has 0 aliphatic carbocycles. The molecule has 0 saturated heterocycles. The van der Waals surface area contributed by atoms with Crippen LogP contribution in [-0.4, -0.2) is 45.6 Å². The van der Waals surface area contributed by atoms with Gasteiger partial charge >= 0.3 is 5.97 Å². The topological polar surface area (TPSA) is 119 Å². The second-order valence-corrected chi connectivity index (χ2v) is 11.2. The van der Waals surface area contributed by atoms with Crippen molar-refractivity contribution in [3.63, 3.8) is 0 Å². The van der Waals surface area contributed by atoms with Crippen LogP contribution >= 0.6 is 11.6 Å². The maximum atomic E-state index is 12.7. The SMILES string of the molecule is CC(C)(C)N.CC=CC=CC(=O)N1CCc2ccc(OCCc3nc(-c4ccc(Cl)cc4)oc3C)cc2C1C(=O)O. The van der Waals surface area contributed by atoms with Crippen LogP contribution in [0.15, 0.2) is 71.2 Å². The predicted molar refractivity (Wildman–Crippen MR) is 161 cm³/mol. The molecule has 41 heavy (non-hydrogen) atoms. The number of rotatable bonds is 8. The van der Waals surface area contributed by atoms with Gasteiger partial charge in [-0.15, -0.1) is 0 Å². The number of carbonyl (C=O) groups is 2. The number of carboxylic acid groups (broad SMARTS) is 1. The lowest BCUT2D eigenvalue weighted by Crippen LogP contribution is -2.42. The predicted octanol–water partition coefficient (Wildman–Crippen LogP) is 6.31. The van der Waals surface area contributed by atoms with E-state index in [1.54, 1.807) is 36.4 Å². The van der Waals surface area contributed by atoms with E-state index in [2.05, 4.69) is 4.98 Å². The molecule has 0 spiro atoms. The Hall–Kier alpha value is -3.88. The zero-order chi connectivity index (χ0) is 30.2. The maximum Gasteiger partial charge on any atom is 0.331 e. The minimum atomic E-state index is -1.08. The van der Waals surface area contributed by atoms with Gasteiger partial charge in [-0.2, -0.15) is 0 Å². The fourth-order valence-electron chi connectivity index (χ4n) is 4.17. The summed E-state index contributed by atoms with van der Waals surface area (Å²) in [6.45, 7) is 10.3. The van der Waals surface area contributed by atoms with Gasteiger partial charge in [0, 0.05) is 35.2 Å². The van der Waals surface area contributed by atoms with E-state index >= 15 is 0 Å². The number of hydrogen-bond donors (Lipinski definition) is 2. The summed E-state index contributed by atoms with van der Waals surface area (Å²) in [4.78, 5) is 30.8. The molecule has 1 unspecified atom stereocenters. The van der Waals surface area contributed by atoms with Crippen molar-refractivity contribution < 1.29 is 23.8 Å². The molecule has 1 aromatic heterocycles. The van der Waals surface area contributed by atoms with Crippen LogP contribution in [0.4, 0.5) is 0 Å². The van der Waals surface area contributed by atoms with Crippen LogP contribution < -0.4 is 10.5 Å². The van der Waals surface area contributed by atoms with Gasteiger partial charge in [0.1, 0.15) is 11.5 Å². The number of aliphatic carboxylic acids is 1. The first-order valence-electron chi connectivity index (χ1n) is 13.5. The number of oxazole rings is 1. The minimum Gasteiger partial charge on any atom is -0.493 e. The Labute approximate surface area is 246 Å². The molecule has 3 aromatic rings. The molecule has 1 amide bonds. The molecule has 2 aromatic carbocycles.